The van der Waals surface area contributed by atoms with Crippen LogP contribution in [0.4, 0.5) is 0 Å². The Bertz CT molecular complexity index is 196. The maximum atomic E-state index is 11.3. The molecule has 0 heterocycles. The maximum Gasteiger partial charge on any atom is 0.221 e. The molecule has 0 radical (unpaired) electrons. The number of carbonyl (C=O) groups is 1. The molecule has 0 aliphatic carbocycles. The zero-order valence-corrected chi connectivity index (χ0v) is 10.5. The van der Waals surface area contributed by atoms with E-state index < -0.39 is 5.60 Å². The average Bonchev–Trinajstić information content (AvgIpc) is 2.24. The van der Waals surface area contributed by atoms with Crippen LogP contribution in [0, 0.1) is 0 Å². The van der Waals surface area contributed by atoms with Crippen LogP contribution in [0.15, 0.2) is 0 Å². The van der Waals surface area contributed by atoms with Crippen LogP contribution in [0.5, 0.6) is 0 Å². The summed E-state index contributed by atoms with van der Waals surface area (Å²) in [6.45, 7) is 5.97. The van der Waals surface area contributed by atoms with Crippen LogP contribution in [-0.2, 0) is 9.53 Å². The van der Waals surface area contributed by atoms with Crippen LogP contribution in [0.1, 0.15) is 26.7 Å². The highest BCUT2D eigenvalue weighted by atomic mass is 16.5. The molecule has 0 aromatic rings. The number of rotatable bonds is 9. The van der Waals surface area contributed by atoms with Gasteiger partial charge in [0.15, 0.2) is 0 Å². The van der Waals surface area contributed by atoms with Crippen molar-refractivity contribution in [2.45, 2.75) is 32.3 Å². The maximum absolute atomic E-state index is 11.3. The Morgan fingerprint density at radius 1 is 1.50 bits per heavy atom. The lowest BCUT2D eigenvalue weighted by Crippen LogP contribution is -2.42. The van der Waals surface area contributed by atoms with Crippen LogP contribution in [0.25, 0.3) is 0 Å². The van der Waals surface area contributed by atoms with Gasteiger partial charge in [0.1, 0.15) is 0 Å². The van der Waals surface area contributed by atoms with E-state index >= 15 is 0 Å². The van der Waals surface area contributed by atoms with Gasteiger partial charge in [0.05, 0.1) is 5.60 Å². The molecule has 0 spiro atoms. The second-order valence-electron chi connectivity index (χ2n) is 4.12. The van der Waals surface area contributed by atoms with E-state index in [0.29, 0.717) is 26.0 Å². The SMILES string of the molecule is CCNCCC(=O)NCC(C)(O)CCOC. The number of carbonyl (C=O) groups excluding carboxylic acids is 1. The van der Waals surface area contributed by atoms with Crippen molar-refractivity contribution in [2.75, 3.05) is 33.4 Å². The molecule has 0 rings (SSSR count). The normalized spacial score (nSPS) is 14.5. The van der Waals surface area contributed by atoms with E-state index in [2.05, 4.69) is 10.6 Å². The van der Waals surface area contributed by atoms with E-state index in [1.807, 2.05) is 6.92 Å². The predicted octanol–water partition coefficient (Wildman–Crippen LogP) is -0.110. The van der Waals surface area contributed by atoms with Gasteiger partial charge in [-0.3, -0.25) is 4.79 Å². The van der Waals surface area contributed by atoms with Crippen LogP contribution < -0.4 is 10.6 Å². The first-order valence-electron chi connectivity index (χ1n) is 5.70. The molecular formula is C11H24N2O3. The van der Waals surface area contributed by atoms with E-state index in [4.69, 9.17) is 4.74 Å². The van der Waals surface area contributed by atoms with Gasteiger partial charge < -0.3 is 20.5 Å². The molecule has 0 saturated carbocycles. The van der Waals surface area contributed by atoms with Crippen molar-refractivity contribution < 1.29 is 14.6 Å². The van der Waals surface area contributed by atoms with E-state index in [1.165, 1.54) is 0 Å². The first-order chi connectivity index (χ1) is 7.52. The standard InChI is InChI=1S/C11H24N2O3/c1-4-12-7-5-10(14)13-9-11(2,15)6-8-16-3/h12,15H,4-9H2,1-3H3,(H,13,14). The molecule has 3 N–H and O–H groups in total. The summed E-state index contributed by atoms with van der Waals surface area (Å²) in [4.78, 5) is 11.3. The highest BCUT2D eigenvalue weighted by Gasteiger charge is 2.20. The Morgan fingerprint density at radius 2 is 2.19 bits per heavy atom. The highest BCUT2D eigenvalue weighted by Crippen LogP contribution is 2.07. The van der Waals surface area contributed by atoms with Gasteiger partial charge in [-0.2, -0.15) is 0 Å². The molecule has 5 nitrogen and oxygen atoms in total. The van der Waals surface area contributed by atoms with Crippen LogP contribution >= 0.6 is 0 Å². The molecule has 5 heteroatoms. The molecule has 0 aromatic heterocycles. The van der Waals surface area contributed by atoms with Crippen molar-refractivity contribution in [3.05, 3.63) is 0 Å². The smallest absolute Gasteiger partial charge is 0.221 e. The Kier molecular flexibility index (Phi) is 8.15. The molecule has 0 aliphatic heterocycles. The molecule has 0 saturated heterocycles. The molecular weight excluding hydrogens is 208 g/mol. The van der Waals surface area contributed by atoms with Gasteiger partial charge >= 0.3 is 0 Å². The quantitative estimate of drug-likeness (QED) is 0.485. The molecule has 1 unspecified atom stereocenters. The van der Waals surface area contributed by atoms with Gasteiger partial charge in [0.2, 0.25) is 5.91 Å². The summed E-state index contributed by atoms with van der Waals surface area (Å²) in [6.07, 6.45) is 0.950. The van der Waals surface area contributed by atoms with Crippen molar-refractivity contribution in [3.63, 3.8) is 0 Å². The molecule has 96 valence electrons. The number of ether oxygens (including phenoxy) is 1. The van der Waals surface area contributed by atoms with E-state index in [-0.39, 0.29) is 12.5 Å². The predicted molar refractivity (Wildman–Crippen MR) is 63.3 cm³/mol. The fraction of sp³-hybridized carbons (Fsp3) is 0.909. The third kappa shape index (κ3) is 8.64. The summed E-state index contributed by atoms with van der Waals surface area (Å²) in [5.41, 5.74) is -0.899. The number of hydrogen-bond acceptors (Lipinski definition) is 4. The summed E-state index contributed by atoms with van der Waals surface area (Å²) in [6, 6.07) is 0. The lowest BCUT2D eigenvalue weighted by atomic mass is 10.0. The van der Waals surface area contributed by atoms with Gasteiger partial charge in [-0.05, 0) is 13.5 Å². The van der Waals surface area contributed by atoms with Gasteiger partial charge in [0, 0.05) is 39.6 Å². The number of nitrogens with one attached hydrogen (secondary N) is 2. The van der Waals surface area contributed by atoms with Crippen molar-refractivity contribution in [1.29, 1.82) is 0 Å². The second kappa shape index (κ2) is 8.50. The van der Waals surface area contributed by atoms with E-state index in [9.17, 15) is 9.90 Å². The minimum Gasteiger partial charge on any atom is -0.388 e. The molecule has 1 amide bonds. The lowest BCUT2D eigenvalue weighted by Gasteiger charge is -2.23. The van der Waals surface area contributed by atoms with Crippen molar-refractivity contribution in [3.8, 4) is 0 Å². The monoisotopic (exact) mass is 232 g/mol. The minimum absolute atomic E-state index is 0.0429. The molecule has 0 aliphatic rings. The number of aliphatic hydroxyl groups is 1. The molecule has 0 aromatic carbocycles. The summed E-state index contributed by atoms with van der Waals surface area (Å²) < 4.78 is 4.88. The van der Waals surface area contributed by atoms with E-state index in [1.54, 1.807) is 14.0 Å². The van der Waals surface area contributed by atoms with Crippen molar-refractivity contribution in [1.82, 2.24) is 10.6 Å². The summed E-state index contributed by atoms with van der Waals surface area (Å²) >= 11 is 0. The number of amides is 1. The van der Waals surface area contributed by atoms with Crippen LogP contribution in [0.2, 0.25) is 0 Å². The summed E-state index contributed by atoms with van der Waals surface area (Å²) in [5.74, 6) is -0.0429. The fourth-order valence-corrected chi connectivity index (χ4v) is 1.17. The summed E-state index contributed by atoms with van der Waals surface area (Å²) in [5, 5.41) is 15.6. The Labute approximate surface area is 97.6 Å². The van der Waals surface area contributed by atoms with Gasteiger partial charge in [-0.25, -0.2) is 0 Å². The number of hydrogen-bond donors (Lipinski definition) is 3. The Morgan fingerprint density at radius 3 is 2.75 bits per heavy atom. The molecule has 0 bridgehead atoms. The van der Waals surface area contributed by atoms with Crippen molar-refractivity contribution in [2.24, 2.45) is 0 Å². The van der Waals surface area contributed by atoms with E-state index in [0.717, 1.165) is 6.54 Å². The topological polar surface area (TPSA) is 70.6 Å². The Balaban J connectivity index is 3.64. The third-order valence-electron chi connectivity index (χ3n) is 2.29. The lowest BCUT2D eigenvalue weighted by molar-refractivity contribution is -0.122. The average molecular weight is 232 g/mol. The molecule has 0 fully saturated rings. The third-order valence-corrected chi connectivity index (χ3v) is 2.29. The van der Waals surface area contributed by atoms with Crippen LogP contribution in [0.3, 0.4) is 0 Å². The van der Waals surface area contributed by atoms with Gasteiger partial charge in [-0.1, -0.05) is 6.92 Å². The highest BCUT2D eigenvalue weighted by molar-refractivity contribution is 5.76. The van der Waals surface area contributed by atoms with Gasteiger partial charge in [-0.15, -0.1) is 0 Å². The molecule has 1 atom stereocenters. The van der Waals surface area contributed by atoms with Gasteiger partial charge in [0.25, 0.3) is 0 Å². The first kappa shape index (κ1) is 15.3. The first-order valence-corrected chi connectivity index (χ1v) is 5.70. The largest absolute Gasteiger partial charge is 0.388 e. The van der Waals surface area contributed by atoms with Crippen LogP contribution in [-0.4, -0.2) is 50.0 Å². The fourth-order valence-electron chi connectivity index (χ4n) is 1.17. The Hall–Kier alpha value is -0.650. The zero-order chi connectivity index (χ0) is 12.4. The molecule has 16 heavy (non-hydrogen) atoms. The number of methoxy groups -OCH3 is 1. The summed E-state index contributed by atoms with van der Waals surface area (Å²) in [7, 11) is 1.59. The van der Waals surface area contributed by atoms with Crippen molar-refractivity contribution >= 4 is 5.91 Å². The minimum atomic E-state index is -0.899. The zero-order valence-electron chi connectivity index (χ0n) is 10.5. The second-order valence-corrected chi connectivity index (χ2v) is 4.12.